The van der Waals surface area contributed by atoms with Gasteiger partial charge >= 0.3 is 0 Å². The summed E-state index contributed by atoms with van der Waals surface area (Å²) < 4.78 is 41.7. The molecule has 1 atom stereocenters. The molecule has 0 fully saturated rings. The molecule has 1 nitrogen and oxygen atoms in total. The zero-order chi connectivity index (χ0) is 20.5. The van der Waals surface area contributed by atoms with Crippen molar-refractivity contribution in [3.8, 4) is 0 Å². The molecule has 0 aliphatic heterocycles. The summed E-state index contributed by atoms with van der Waals surface area (Å²) in [5.74, 6) is -0.526. The highest BCUT2D eigenvalue weighted by Gasteiger charge is 2.23. The van der Waals surface area contributed by atoms with Crippen molar-refractivity contribution in [1.29, 1.82) is 0 Å². The number of halogens is 3. The number of fused-ring (bicyclic) bond motifs is 1. The van der Waals surface area contributed by atoms with Gasteiger partial charge in [0.15, 0.2) is 0 Å². The highest BCUT2D eigenvalue weighted by atomic mass is 32.2. The average molecular weight is 411 g/mol. The van der Waals surface area contributed by atoms with Gasteiger partial charge in [0.05, 0.1) is 0 Å². The molecule has 0 amide bonds. The molecule has 1 unspecified atom stereocenters. The van der Waals surface area contributed by atoms with Gasteiger partial charge in [0.1, 0.15) is 17.5 Å². The lowest BCUT2D eigenvalue weighted by molar-refractivity contribution is 0.625. The zero-order valence-electron chi connectivity index (χ0n) is 16.1. The van der Waals surface area contributed by atoms with Crippen molar-refractivity contribution < 1.29 is 13.2 Å². The summed E-state index contributed by atoms with van der Waals surface area (Å²) >= 11 is 1.62. The summed E-state index contributed by atoms with van der Waals surface area (Å²) in [4.78, 5) is 3.30. The van der Waals surface area contributed by atoms with Crippen molar-refractivity contribution in [2.24, 2.45) is 0 Å². The topological polar surface area (TPSA) is 15.8 Å². The minimum absolute atomic E-state index is 0.283. The number of aromatic amines is 1. The summed E-state index contributed by atoms with van der Waals surface area (Å²) in [6.07, 6.45) is 3.86. The number of rotatable bonds is 5. The lowest BCUT2D eigenvalue weighted by Crippen LogP contribution is -2.05. The fourth-order valence-corrected chi connectivity index (χ4v) is 4.48. The van der Waals surface area contributed by atoms with E-state index in [0.717, 1.165) is 38.7 Å². The maximum absolute atomic E-state index is 14.4. The van der Waals surface area contributed by atoms with Crippen LogP contribution in [0.15, 0.2) is 60.8 Å². The Bertz CT molecular complexity index is 1160. The summed E-state index contributed by atoms with van der Waals surface area (Å²) in [6.45, 7) is 1.85. The molecule has 0 radical (unpaired) electrons. The van der Waals surface area contributed by atoms with E-state index in [0.29, 0.717) is 5.75 Å². The highest BCUT2D eigenvalue weighted by Crippen LogP contribution is 2.39. The van der Waals surface area contributed by atoms with Crippen molar-refractivity contribution in [3.05, 3.63) is 106 Å². The van der Waals surface area contributed by atoms with Crippen LogP contribution in [-0.2, 0) is 5.75 Å². The smallest absolute Gasteiger partial charge is 0.124 e. The van der Waals surface area contributed by atoms with Crippen LogP contribution in [0.4, 0.5) is 13.2 Å². The Labute approximate surface area is 172 Å². The first-order valence-electron chi connectivity index (χ1n) is 9.27. The second-order valence-corrected chi connectivity index (χ2v) is 8.02. The lowest BCUT2D eigenvalue weighted by Gasteiger charge is -2.20. The molecule has 0 saturated carbocycles. The molecular weight excluding hydrogens is 391 g/mol. The maximum Gasteiger partial charge on any atom is 0.124 e. The lowest BCUT2D eigenvalue weighted by atomic mass is 9.83. The molecule has 0 saturated heterocycles. The number of benzene rings is 3. The third-order valence-corrected chi connectivity index (χ3v) is 5.82. The molecule has 0 spiro atoms. The second kappa shape index (κ2) is 7.99. The Morgan fingerprint density at radius 2 is 1.59 bits per heavy atom. The number of thioether (sulfide) groups is 1. The summed E-state index contributed by atoms with van der Waals surface area (Å²) in [5, 5.41) is 0.784. The van der Waals surface area contributed by atoms with Gasteiger partial charge in [-0.05, 0) is 77.4 Å². The van der Waals surface area contributed by atoms with Crippen molar-refractivity contribution in [1.82, 2.24) is 4.98 Å². The van der Waals surface area contributed by atoms with Crippen LogP contribution in [-0.4, -0.2) is 11.2 Å². The van der Waals surface area contributed by atoms with Crippen LogP contribution in [0, 0.1) is 24.4 Å². The maximum atomic E-state index is 14.4. The van der Waals surface area contributed by atoms with Gasteiger partial charge in [-0.25, -0.2) is 13.2 Å². The zero-order valence-corrected chi connectivity index (χ0v) is 16.9. The molecular formula is C24H20F3NS. The van der Waals surface area contributed by atoms with Gasteiger partial charge in [-0.2, -0.15) is 11.8 Å². The minimum atomic E-state index is -0.324. The first-order valence-corrected chi connectivity index (χ1v) is 10.7. The molecule has 0 bridgehead atoms. The van der Waals surface area contributed by atoms with E-state index in [4.69, 9.17) is 0 Å². The molecule has 1 aromatic heterocycles. The van der Waals surface area contributed by atoms with E-state index in [-0.39, 0.29) is 23.4 Å². The quantitative estimate of drug-likeness (QED) is 0.376. The summed E-state index contributed by atoms with van der Waals surface area (Å²) in [6, 6.07) is 14.0. The SMILES string of the molecule is CSCc1cc(F)cc2c(C(c3ccc(F)cc3)c3ccc(F)cc3C)c[nH]c12. The first-order chi connectivity index (χ1) is 14.0. The normalized spacial score (nSPS) is 12.4. The number of aryl methyl sites for hydroxylation is 1. The molecule has 1 heterocycles. The van der Waals surface area contributed by atoms with E-state index in [2.05, 4.69) is 4.98 Å². The van der Waals surface area contributed by atoms with E-state index in [9.17, 15) is 13.2 Å². The fourth-order valence-electron chi connectivity index (χ4n) is 3.94. The molecule has 148 valence electrons. The van der Waals surface area contributed by atoms with E-state index < -0.39 is 0 Å². The molecule has 4 aromatic rings. The number of aromatic nitrogens is 1. The Kier molecular flexibility index (Phi) is 5.41. The van der Waals surface area contributed by atoms with Crippen molar-refractivity contribution in [2.75, 3.05) is 6.26 Å². The Hall–Kier alpha value is -2.66. The van der Waals surface area contributed by atoms with E-state index in [1.165, 1.54) is 30.3 Å². The Morgan fingerprint density at radius 3 is 2.28 bits per heavy atom. The molecule has 1 N–H and O–H groups in total. The summed E-state index contributed by atoms with van der Waals surface area (Å²) in [5.41, 5.74) is 5.21. The second-order valence-electron chi connectivity index (χ2n) is 7.15. The molecule has 0 aliphatic rings. The van der Waals surface area contributed by atoms with E-state index >= 15 is 0 Å². The van der Waals surface area contributed by atoms with E-state index in [1.54, 1.807) is 36.0 Å². The predicted molar refractivity (Wildman–Crippen MR) is 114 cm³/mol. The predicted octanol–water partition coefficient (Wildman–Crippen LogP) is 6.94. The van der Waals surface area contributed by atoms with Crippen LogP contribution in [0.3, 0.4) is 0 Å². The van der Waals surface area contributed by atoms with Gasteiger partial charge in [-0.15, -0.1) is 0 Å². The molecule has 0 aliphatic carbocycles. The van der Waals surface area contributed by atoms with Gasteiger partial charge in [-0.1, -0.05) is 18.2 Å². The number of H-pyrrole nitrogens is 1. The van der Waals surface area contributed by atoms with Crippen molar-refractivity contribution in [3.63, 3.8) is 0 Å². The van der Waals surface area contributed by atoms with Gasteiger partial charge in [-0.3, -0.25) is 0 Å². The van der Waals surface area contributed by atoms with Crippen LogP contribution in [0.1, 0.15) is 33.7 Å². The summed E-state index contributed by atoms with van der Waals surface area (Å²) in [7, 11) is 0. The van der Waals surface area contributed by atoms with Crippen LogP contribution >= 0.6 is 11.8 Å². The fraction of sp³-hybridized carbons (Fsp3) is 0.167. The van der Waals surface area contributed by atoms with Crippen LogP contribution in [0.25, 0.3) is 10.9 Å². The monoisotopic (exact) mass is 411 g/mol. The van der Waals surface area contributed by atoms with Gasteiger partial charge in [0.25, 0.3) is 0 Å². The van der Waals surface area contributed by atoms with Gasteiger partial charge in [0, 0.05) is 28.8 Å². The molecule has 4 rings (SSSR count). The standard InChI is InChI=1S/C24H20F3NS/c1-14-9-18(26)7-8-20(14)23(15-3-5-17(25)6-4-15)22-12-28-24-16(13-29-2)10-19(27)11-21(22)24/h3-12,23,28H,13H2,1-2H3. The number of hydrogen-bond acceptors (Lipinski definition) is 1. The minimum Gasteiger partial charge on any atom is -0.361 e. The van der Waals surface area contributed by atoms with Gasteiger partial charge in [0.2, 0.25) is 0 Å². The van der Waals surface area contributed by atoms with Gasteiger partial charge < -0.3 is 4.98 Å². The van der Waals surface area contributed by atoms with Crippen molar-refractivity contribution >= 4 is 22.7 Å². The first kappa shape index (κ1) is 19.6. The Balaban J connectivity index is 1.98. The number of hydrogen-bond donors (Lipinski definition) is 1. The molecule has 3 aromatic carbocycles. The molecule has 29 heavy (non-hydrogen) atoms. The third kappa shape index (κ3) is 3.79. The van der Waals surface area contributed by atoms with E-state index in [1.807, 2.05) is 19.4 Å². The van der Waals surface area contributed by atoms with Crippen LogP contribution in [0.2, 0.25) is 0 Å². The third-order valence-electron chi connectivity index (χ3n) is 5.22. The molecule has 5 heteroatoms. The van der Waals surface area contributed by atoms with Crippen molar-refractivity contribution in [2.45, 2.75) is 18.6 Å². The van der Waals surface area contributed by atoms with Crippen LogP contribution in [0.5, 0.6) is 0 Å². The average Bonchev–Trinajstić information content (AvgIpc) is 3.09. The number of nitrogens with one attached hydrogen (secondary N) is 1. The van der Waals surface area contributed by atoms with Crippen LogP contribution < -0.4 is 0 Å². The Morgan fingerprint density at radius 1 is 0.862 bits per heavy atom. The highest BCUT2D eigenvalue weighted by molar-refractivity contribution is 7.97. The largest absolute Gasteiger partial charge is 0.361 e.